The highest BCUT2D eigenvalue weighted by molar-refractivity contribution is 6.18. The van der Waals surface area contributed by atoms with Crippen LogP contribution in [0.1, 0.15) is 0 Å². The number of nitrogens with zero attached hydrogens (tertiary/aromatic N) is 1. The summed E-state index contributed by atoms with van der Waals surface area (Å²) in [6.07, 6.45) is 0. The predicted octanol–water partition coefficient (Wildman–Crippen LogP) is 17.1. The third-order valence-electron chi connectivity index (χ3n) is 13.2. The summed E-state index contributed by atoms with van der Waals surface area (Å²) in [4.78, 5) is 0. The van der Waals surface area contributed by atoms with E-state index in [-0.39, 0.29) is 0 Å². The first-order valence-corrected chi connectivity index (χ1v) is 21.7. The Labute approximate surface area is 366 Å². The fourth-order valence-electron chi connectivity index (χ4n) is 10.0. The molecule has 0 spiro atoms. The molecule has 4 aromatic heterocycles. The minimum atomic E-state index is 0.862. The van der Waals surface area contributed by atoms with Crippen molar-refractivity contribution < 1.29 is 13.3 Å². The number of hydrogen-bond donors (Lipinski definition) is 0. The summed E-state index contributed by atoms with van der Waals surface area (Å²) in [6.45, 7) is 0. The van der Waals surface area contributed by atoms with Crippen LogP contribution in [-0.2, 0) is 0 Å². The van der Waals surface area contributed by atoms with Crippen LogP contribution in [0.2, 0.25) is 0 Å². The molecule has 0 atom stereocenters. The fourth-order valence-corrected chi connectivity index (χ4v) is 10.0. The van der Waals surface area contributed by atoms with Gasteiger partial charge in [-0.3, -0.25) is 0 Å². The monoisotopic (exact) mass is 817 g/mol. The number of fused-ring (bicyclic) bond motifs is 12. The highest BCUT2D eigenvalue weighted by Crippen LogP contribution is 2.43. The van der Waals surface area contributed by atoms with E-state index in [1.807, 2.05) is 0 Å². The van der Waals surface area contributed by atoms with Crippen LogP contribution in [0.15, 0.2) is 226 Å². The standard InChI is InChI=1S/C60H35NO3/c1-4-10-36(11-5-1)38-17-23-55-47(29-38)49-31-41(19-25-57(49)62-55)40-16-22-53-45(28-40)46-35-60-52(34-54(46)61(53)44-14-8-3-9-15-44)51-33-43(21-27-59(51)64-60)42-20-26-58-50(32-42)48-30-39(18-24-56(48)63-58)37-12-6-2-7-13-37/h1-35H. The zero-order valence-corrected chi connectivity index (χ0v) is 34.4. The molecule has 0 saturated carbocycles. The molecule has 4 heteroatoms. The second kappa shape index (κ2) is 13.4. The van der Waals surface area contributed by atoms with Gasteiger partial charge in [-0.25, -0.2) is 0 Å². The average molecular weight is 818 g/mol. The lowest BCUT2D eigenvalue weighted by Crippen LogP contribution is -1.93. The summed E-state index contributed by atoms with van der Waals surface area (Å²) < 4.78 is 21.7. The number of para-hydroxylation sites is 1. The van der Waals surface area contributed by atoms with E-state index in [1.54, 1.807) is 0 Å². The van der Waals surface area contributed by atoms with E-state index < -0.39 is 0 Å². The van der Waals surface area contributed by atoms with Crippen molar-refractivity contribution in [1.82, 2.24) is 4.57 Å². The summed E-state index contributed by atoms with van der Waals surface area (Å²) in [5.74, 6) is 0. The van der Waals surface area contributed by atoms with E-state index >= 15 is 0 Å². The van der Waals surface area contributed by atoms with Gasteiger partial charge in [-0.1, -0.05) is 115 Å². The van der Waals surface area contributed by atoms with Gasteiger partial charge >= 0.3 is 0 Å². The number of rotatable bonds is 5. The second-order valence-electron chi connectivity index (χ2n) is 16.9. The van der Waals surface area contributed by atoms with Crippen molar-refractivity contribution in [2.45, 2.75) is 0 Å². The number of hydrogen-bond acceptors (Lipinski definition) is 3. The van der Waals surface area contributed by atoms with Crippen molar-refractivity contribution in [2.24, 2.45) is 0 Å². The molecule has 0 aliphatic heterocycles. The molecule has 0 amide bonds. The molecule has 0 unspecified atom stereocenters. The first kappa shape index (κ1) is 35.0. The van der Waals surface area contributed by atoms with Gasteiger partial charge in [-0.2, -0.15) is 0 Å². The Morgan fingerprint density at radius 1 is 0.219 bits per heavy atom. The Morgan fingerprint density at radius 2 is 0.547 bits per heavy atom. The maximum atomic E-state index is 6.69. The minimum Gasteiger partial charge on any atom is -0.456 e. The van der Waals surface area contributed by atoms with E-state index in [0.717, 1.165) is 110 Å². The molecule has 0 saturated heterocycles. The molecule has 4 nitrogen and oxygen atoms in total. The Morgan fingerprint density at radius 3 is 0.984 bits per heavy atom. The van der Waals surface area contributed by atoms with Crippen LogP contribution in [0, 0.1) is 0 Å². The van der Waals surface area contributed by atoms with Gasteiger partial charge in [-0.05, 0) is 142 Å². The maximum absolute atomic E-state index is 6.69. The molecular formula is C60H35NO3. The molecule has 14 aromatic rings. The second-order valence-corrected chi connectivity index (χ2v) is 16.9. The molecule has 0 aliphatic carbocycles. The zero-order chi connectivity index (χ0) is 41.9. The van der Waals surface area contributed by atoms with Crippen LogP contribution in [0.5, 0.6) is 0 Å². The quantitative estimate of drug-likeness (QED) is 0.174. The number of benzene rings is 10. The smallest absolute Gasteiger partial charge is 0.136 e. The highest BCUT2D eigenvalue weighted by Gasteiger charge is 2.19. The SMILES string of the molecule is c1ccc(-c2ccc3oc4ccc(-c5ccc6oc7cc8c9cc(-c%10ccc%11oc%12ccc(-c%13ccccc%13)cc%12c%11c%10)ccc9n(-c9ccccc9)c8cc7c6c5)cc4c3c2)cc1. The minimum absolute atomic E-state index is 0.862. The van der Waals surface area contributed by atoms with Crippen LogP contribution in [0.4, 0.5) is 0 Å². The lowest BCUT2D eigenvalue weighted by Gasteiger charge is -2.08. The Hall–Kier alpha value is -8.60. The molecule has 298 valence electrons. The normalized spacial score (nSPS) is 12.1. The number of furan rings is 3. The van der Waals surface area contributed by atoms with Gasteiger partial charge < -0.3 is 17.8 Å². The topological polar surface area (TPSA) is 44.4 Å². The van der Waals surface area contributed by atoms with Crippen molar-refractivity contribution in [3.05, 3.63) is 212 Å². The molecule has 10 aromatic carbocycles. The maximum Gasteiger partial charge on any atom is 0.136 e. The van der Waals surface area contributed by atoms with Crippen LogP contribution in [-0.4, -0.2) is 4.57 Å². The van der Waals surface area contributed by atoms with Gasteiger partial charge in [0.15, 0.2) is 0 Å². The van der Waals surface area contributed by atoms with Crippen LogP contribution < -0.4 is 0 Å². The first-order valence-electron chi connectivity index (χ1n) is 21.7. The summed E-state index contributed by atoms with van der Waals surface area (Å²) >= 11 is 0. The lowest BCUT2D eigenvalue weighted by molar-refractivity contribution is 0.668. The number of aromatic nitrogens is 1. The Balaban J connectivity index is 0.913. The van der Waals surface area contributed by atoms with Crippen LogP contribution in [0.3, 0.4) is 0 Å². The van der Waals surface area contributed by atoms with Crippen molar-refractivity contribution in [3.63, 3.8) is 0 Å². The lowest BCUT2D eigenvalue weighted by atomic mass is 9.98. The summed E-state index contributed by atoms with van der Waals surface area (Å²) in [5, 5.41) is 8.91. The molecule has 14 rings (SSSR count). The van der Waals surface area contributed by atoms with Gasteiger partial charge in [0.05, 0.1) is 11.0 Å². The van der Waals surface area contributed by atoms with Gasteiger partial charge in [0, 0.05) is 48.8 Å². The Bertz CT molecular complexity index is 4170. The molecule has 4 heterocycles. The van der Waals surface area contributed by atoms with E-state index in [1.165, 1.54) is 27.6 Å². The van der Waals surface area contributed by atoms with Gasteiger partial charge in [0.25, 0.3) is 0 Å². The Kier molecular flexibility index (Phi) is 7.36. The van der Waals surface area contributed by atoms with Crippen LogP contribution >= 0.6 is 0 Å². The molecule has 0 N–H and O–H groups in total. The fraction of sp³-hybridized carbons (Fsp3) is 0. The third-order valence-corrected chi connectivity index (χ3v) is 13.2. The molecule has 0 radical (unpaired) electrons. The van der Waals surface area contributed by atoms with Crippen molar-refractivity contribution >= 4 is 87.6 Å². The molecular weight excluding hydrogens is 783 g/mol. The third kappa shape index (κ3) is 5.36. The van der Waals surface area contributed by atoms with Crippen molar-refractivity contribution in [1.29, 1.82) is 0 Å². The van der Waals surface area contributed by atoms with Gasteiger partial charge in [0.1, 0.15) is 33.5 Å². The molecule has 0 aliphatic rings. The largest absolute Gasteiger partial charge is 0.456 e. The van der Waals surface area contributed by atoms with E-state index in [9.17, 15) is 0 Å². The van der Waals surface area contributed by atoms with Crippen molar-refractivity contribution in [2.75, 3.05) is 0 Å². The van der Waals surface area contributed by atoms with Crippen LogP contribution in [0.25, 0.3) is 138 Å². The average Bonchev–Trinajstić information content (AvgIpc) is 4.11. The van der Waals surface area contributed by atoms with Gasteiger partial charge in [0.2, 0.25) is 0 Å². The highest BCUT2D eigenvalue weighted by atomic mass is 16.3. The van der Waals surface area contributed by atoms with E-state index in [2.05, 4.69) is 217 Å². The summed E-state index contributed by atoms with van der Waals surface area (Å²) in [7, 11) is 0. The summed E-state index contributed by atoms with van der Waals surface area (Å²) in [5.41, 5.74) is 17.9. The molecule has 0 bridgehead atoms. The first-order chi connectivity index (χ1) is 31.7. The van der Waals surface area contributed by atoms with E-state index in [0.29, 0.717) is 0 Å². The molecule has 0 fully saturated rings. The van der Waals surface area contributed by atoms with Gasteiger partial charge in [-0.15, -0.1) is 0 Å². The molecule has 64 heavy (non-hydrogen) atoms. The summed E-state index contributed by atoms with van der Waals surface area (Å²) in [6, 6.07) is 75.6. The van der Waals surface area contributed by atoms with E-state index in [4.69, 9.17) is 13.3 Å². The zero-order valence-electron chi connectivity index (χ0n) is 34.4. The predicted molar refractivity (Wildman–Crippen MR) is 264 cm³/mol. The van der Waals surface area contributed by atoms with Crippen molar-refractivity contribution in [3.8, 4) is 50.2 Å².